The molecule has 13 heavy (non-hydrogen) atoms. The van der Waals surface area contributed by atoms with Crippen molar-refractivity contribution in [1.29, 1.82) is 0 Å². The van der Waals surface area contributed by atoms with E-state index in [2.05, 4.69) is 5.32 Å². The summed E-state index contributed by atoms with van der Waals surface area (Å²) in [5, 5.41) is 3.82. The minimum atomic E-state index is 0.798. The van der Waals surface area contributed by atoms with Crippen molar-refractivity contribution >= 4 is 0 Å². The first kappa shape index (κ1) is 8.05. The van der Waals surface area contributed by atoms with Gasteiger partial charge in [0.15, 0.2) is 0 Å². The molecule has 0 aromatic rings. The van der Waals surface area contributed by atoms with E-state index < -0.39 is 0 Å². The van der Waals surface area contributed by atoms with Crippen molar-refractivity contribution in [2.75, 3.05) is 0 Å². The fourth-order valence-corrected chi connectivity index (χ4v) is 3.40. The first-order valence-corrected chi connectivity index (χ1v) is 5.93. The Kier molecular flexibility index (Phi) is 1.93. The van der Waals surface area contributed by atoms with Gasteiger partial charge in [-0.15, -0.1) is 0 Å². The van der Waals surface area contributed by atoms with Crippen LogP contribution in [0.4, 0.5) is 0 Å². The quantitative estimate of drug-likeness (QED) is 0.561. The molecular weight excluding hydrogens is 158 g/mol. The molecule has 1 N–H and O–H groups in total. The lowest BCUT2D eigenvalue weighted by atomic mass is 9.84. The summed E-state index contributed by atoms with van der Waals surface area (Å²) in [6.45, 7) is 0. The Morgan fingerprint density at radius 3 is 1.85 bits per heavy atom. The lowest BCUT2D eigenvalue weighted by Crippen LogP contribution is -2.34. The first-order valence-electron chi connectivity index (χ1n) is 5.93. The Balaban J connectivity index is 1.89. The van der Waals surface area contributed by atoms with Gasteiger partial charge in [-0.1, -0.05) is 24.0 Å². The molecule has 0 saturated heterocycles. The molecule has 0 amide bonds. The second-order valence-corrected chi connectivity index (χ2v) is 4.81. The number of nitrogens with one attached hydrogen (secondary N) is 1. The normalized spacial score (nSPS) is 38.8. The Morgan fingerprint density at radius 2 is 1.31 bits per heavy atom. The van der Waals surface area contributed by atoms with E-state index in [0.29, 0.717) is 0 Å². The van der Waals surface area contributed by atoms with E-state index in [1.165, 1.54) is 51.4 Å². The van der Waals surface area contributed by atoms with E-state index in [4.69, 9.17) is 0 Å². The van der Waals surface area contributed by atoms with Crippen molar-refractivity contribution in [1.82, 2.24) is 5.32 Å². The predicted molar refractivity (Wildman–Crippen MR) is 54.7 cm³/mol. The van der Waals surface area contributed by atoms with Crippen LogP contribution in [0, 0.1) is 0 Å². The third-order valence-corrected chi connectivity index (χ3v) is 4.03. The van der Waals surface area contributed by atoms with Gasteiger partial charge in [-0.05, 0) is 38.5 Å². The van der Waals surface area contributed by atoms with Crippen LogP contribution >= 0.6 is 0 Å². The van der Waals surface area contributed by atoms with E-state index >= 15 is 0 Å². The lowest BCUT2D eigenvalue weighted by molar-refractivity contribution is 0.430. The highest BCUT2D eigenvalue weighted by atomic mass is 15.0. The molecule has 2 fully saturated rings. The highest BCUT2D eigenvalue weighted by Gasteiger charge is 2.34. The molecule has 3 aliphatic rings. The van der Waals surface area contributed by atoms with Crippen LogP contribution in [0.3, 0.4) is 0 Å². The van der Waals surface area contributed by atoms with Crippen LogP contribution in [-0.2, 0) is 0 Å². The molecule has 0 radical (unpaired) electrons. The Hall–Kier alpha value is -0.300. The van der Waals surface area contributed by atoms with Crippen LogP contribution < -0.4 is 5.32 Å². The molecule has 2 saturated carbocycles. The number of hydrogen-bond acceptors (Lipinski definition) is 1. The fourth-order valence-electron chi connectivity index (χ4n) is 3.40. The third-order valence-electron chi connectivity index (χ3n) is 4.03. The second-order valence-electron chi connectivity index (χ2n) is 4.81. The third kappa shape index (κ3) is 1.25. The molecule has 0 aromatic heterocycles. The summed E-state index contributed by atoms with van der Waals surface area (Å²) in [7, 11) is 0. The molecule has 2 unspecified atom stereocenters. The largest absolute Gasteiger partial charge is 0.304 e. The van der Waals surface area contributed by atoms with Gasteiger partial charge >= 0.3 is 0 Å². The molecule has 1 aliphatic heterocycles. The standard InChI is InChI=1S/C12H19N/c1-3-7-11-9(5-1)10-6-2-4-8-12(10)13-11/h11-13H,1-8H2. The summed E-state index contributed by atoms with van der Waals surface area (Å²) in [6.07, 6.45) is 11.4. The summed E-state index contributed by atoms with van der Waals surface area (Å²) in [5.74, 6) is 0. The van der Waals surface area contributed by atoms with Crippen LogP contribution in [0.15, 0.2) is 11.1 Å². The van der Waals surface area contributed by atoms with Crippen LogP contribution in [0.25, 0.3) is 0 Å². The second kappa shape index (κ2) is 3.13. The van der Waals surface area contributed by atoms with Crippen LogP contribution in [0.5, 0.6) is 0 Å². The number of rotatable bonds is 0. The number of hydrogen-bond donors (Lipinski definition) is 1. The van der Waals surface area contributed by atoms with Gasteiger partial charge in [-0.2, -0.15) is 0 Å². The minimum Gasteiger partial charge on any atom is -0.304 e. The van der Waals surface area contributed by atoms with Gasteiger partial charge in [0.1, 0.15) is 0 Å². The van der Waals surface area contributed by atoms with Gasteiger partial charge < -0.3 is 5.32 Å². The average molecular weight is 177 g/mol. The summed E-state index contributed by atoms with van der Waals surface area (Å²) in [4.78, 5) is 0. The highest BCUT2D eigenvalue weighted by molar-refractivity contribution is 5.33. The molecule has 0 aromatic carbocycles. The molecule has 2 atom stereocenters. The molecular formula is C12H19N. The van der Waals surface area contributed by atoms with Gasteiger partial charge in [0.05, 0.1) is 0 Å². The van der Waals surface area contributed by atoms with E-state index in [1.54, 1.807) is 0 Å². The summed E-state index contributed by atoms with van der Waals surface area (Å²) in [5.41, 5.74) is 3.66. The first-order chi connectivity index (χ1) is 6.45. The smallest absolute Gasteiger partial charge is 0.0288 e. The molecule has 1 nitrogen and oxygen atoms in total. The maximum absolute atomic E-state index is 3.82. The molecule has 1 heterocycles. The lowest BCUT2D eigenvalue weighted by Gasteiger charge is -2.21. The van der Waals surface area contributed by atoms with Crippen LogP contribution in [-0.4, -0.2) is 12.1 Å². The fraction of sp³-hybridized carbons (Fsp3) is 0.833. The van der Waals surface area contributed by atoms with Crippen LogP contribution in [0.2, 0.25) is 0 Å². The maximum Gasteiger partial charge on any atom is 0.0288 e. The molecule has 72 valence electrons. The SMILES string of the molecule is C1CCC2NC3CCCCC3=C2C1. The molecule has 2 aliphatic carbocycles. The van der Waals surface area contributed by atoms with Gasteiger partial charge in [0, 0.05) is 12.1 Å². The van der Waals surface area contributed by atoms with E-state index in [9.17, 15) is 0 Å². The van der Waals surface area contributed by atoms with Gasteiger partial charge in [0.2, 0.25) is 0 Å². The molecule has 0 bridgehead atoms. The van der Waals surface area contributed by atoms with Crippen LogP contribution in [0.1, 0.15) is 51.4 Å². The highest BCUT2D eigenvalue weighted by Crippen LogP contribution is 2.39. The van der Waals surface area contributed by atoms with Crippen molar-refractivity contribution in [3.63, 3.8) is 0 Å². The van der Waals surface area contributed by atoms with Crippen molar-refractivity contribution in [3.8, 4) is 0 Å². The summed E-state index contributed by atoms with van der Waals surface area (Å²) >= 11 is 0. The van der Waals surface area contributed by atoms with Crippen molar-refractivity contribution in [2.24, 2.45) is 0 Å². The maximum atomic E-state index is 3.82. The molecule has 0 spiro atoms. The van der Waals surface area contributed by atoms with Gasteiger partial charge in [-0.3, -0.25) is 0 Å². The van der Waals surface area contributed by atoms with Gasteiger partial charge in [-0.25, -0.2) is 0 Å². The van der Waals surface area contributed by atoms with Crippen molar-refractivity contribution in [3.05, 3.63) is 11.1 Å². The average Bonchev–Trinajstić information content (AvgIpc) is 2.56. The van der Waals surface area contributed by atoms with E-state index in [-0.39, 0.29) is 0 Å². The zero-order valence-corrected chi connectivity index (χ0v) is 8.31. The zero-order chi connectivity index (χ0) is 8.67. The Bertz CT molecular complexity index is 218. The minimum absolute atomic E-state index is 0.798. The topological polar surface area (TPSA) is 12.0 Å². The summed E-state index contributed by atoms with van der Waals surface area (Å²) in [6, 6.07) is 1.60. The zero-order valence-electron chi connectivity index (χ0n) is 8.31. The number of fused-ring (bicyclic) bond motifs is 2. The molecule has 1 heteroatoms. The van der Waals surface area contributed by atoms with E-state index in [0.717, 1.165) is 12.1 Å². The van der Waals surface area contributed by atoms with Crippen molar-refractivity contribution < 1.29 is 0 Å². The van der Waals surface area contributed by atoms with Gasteiger partial charge in [0.25, 0.3) is 0 Å². The Labute approximate surface area is 80.6 Å². The predicted octanol–water partition coefficient (Wildman–Crippen LogP) is 2.77. The van der Waals surface area contributed by atoms with E-state index in [1.807, 2.05) is 11.1 Å². The Morgan fingerprint density at radius 1 is 0.769 bits per heavy atom. The molecule has 3 rings (SSSR count). The van der Waals surface area contributed by atoms with Crippen molar-refractivity contribution in [2.45, 2.75) is 63.5 Å². The monoisotopic (exact) mass is 177 g/mol. The summed E-state index contributed by atoms with van der Waals surface area (Å²) < 4.78 is 0.